The Morgan fingerprint density at radius 2 is 1.59 bits per heavy atom. The van der Waals surface area contributed by atoms with E-state index in [-0.39, 0.29) is 6.61 Å². The average Bonchev–Trinajstić information content (AvgIpc) is 3.41. The Kier molecular flexibility index (Phi) is 7.74. The first kappa shape index (κ1) is 21.0. The molecule has 3 heterocycles. The van der Waals surface area contributed by atoms with Crippen LogP contribution in [0.1, 0.15) is 34.6 Å². The highest BCUT2D eigenvalue weighted by Crippen LogP contribution is 2.23. The summed E-state index contributed by atoms with van der Waals surface area (Å²) in [4.78, 5) is 10.8. The van der Waals surface area contributed by atoms with E-state index in [9.17, 15) is 5.11 Å². The zero-order valence-corrected chi connectivity index (χ0v) is 18.3. The van der Waals surface area contributed by atoms with Gasteiger partial charge in [0.2, 0.25) is 0 Å². The number of aliphatic hydroxyl groups excluding tert-OH is 1. The molecule has 0 spiro atoms. The van der Waals surface area contributed by atoms with Gasteiger partial charge in [-0.05, 0) is 56.5 Å². The topological polar surface area (TPSA) is 30.0 Å². The fourth-order valence-corrected chi connectivity index (χ4v) is 5.81. The molecular formula is C24H35N3OS. The monoisotopic (exact) mass is 413 g/mol. The van der Waals surface area contributed by atoms with Gasteiger partial charge in [-0.25, -0.2) is 0 Å². The minimum absolute atomic E-state index is 0.277. The van der Waals surface area contributed by atoms with Crippen molar-refractivity contribution in [3.05, 3.63) is 57.8 Å². The van der Waals surface area contributed by atoms with E-state index >= 15 is 0 Å². The summed E-state index contributed by atoms with van der Waals surface area (Å²) in [6.07, 6.45) is 4.68. The second-order valence-corrected chi connectivity index (χ2v) is 9.78. The maximum Gasteiger partial charge on any atom is 0.0446 e. The molecule has 2 aliphatic heterocycles. The van der Waals surface area contributed by atoms with Crippen molar-refractivity contribution in [1.82, 2.24) is 14.7 Å². The van der Waals surface area contributed by atoms with E-state index in [0.717, 1.165) is 52.1 Å². The van der Waals surface area contributed by atoms with Gasteiger partial charge in [0.25, 0.3) is 0 Å². The molecule has 2 aromatic rings. The standard InChI is InChI=1S/C24H35N3OS/c28-17-11-22-18-26(15-16-27(22)14-10-21-6-2-1-3-7-21)20-24-9-8-23(29-24)19-25-12-4-5-13-25/h1-3,6-9,22,28H,4-5,10-20H2. The van der Waals surface area contributed by atoms with Crippen LogP contribution in [0.3, 0.4) is 0 Å². The molecule has 0 radical (unpaired) electrons. The molecule has 0 bridgehead atoms. The number of thiophene rings is 1. The molecule has 5 heteroatoms. The first-order valence-corrected chi connectivity index (χ1v) is 12.0. The van der Waals surface area contributed by atoms with Crippen LogP contribution in [0.15, 0.2) is 42.5 Å². The molecule has 4 rings (SSSR count). The van der Waals surface area contributed by atoms with E-state index in [2.05, 4.69) is 57.2 Å². The summed E-state index contributed by atoms with van der Waals surface area (Å²) in [6, 6.07) is 15.9. The van der Waals surface area contributed by atoms with Crippen LogP contribution < -0.4 is 0 Å². The Morgan fingerprint density at radius 3 is 2.31 bits per heavy atom. The van der Waals surface area contributed by atoms with Crippen LogP contribution in [0.2, 0.25) is 0 Å². The van der Waals surface area contributed by atoms with Crippen molar-refractivity contribution in [3.63, 3.8) is 0 Å². The third kappa shape index (κ3) is 6.12. The number of benzene rings is 1. The number of rotatable bonds is 9. The van der Waals surface area contributed by atoms with E-state index < -0.39 is 0 Å². The van der Waals surface area contributed by atoms with Gasteiger partial charge in [-0.3, -0.25) is 14.7 Å². The summed E-state index contributed by atoms with van der Waals surface area (Å²) >= 11 is 1.99. The van der Waals surface area contributed by atoms with Gasteiger partial charge in [0.05, 0.1) is 0 Å². The lowest BCUT2D eigenvalue weighted by Crippen LogP contribution is -2.53. The molecular weight excluding hydrogens is 378 g/mol. The highest BCUT2D eigenvalue weighted by molar-refractivity contribution is 7.11. The number of hydrogen-bond donors (Lipinski definition) is 1. The Bertz CT molecular complexity index is 729. The van der Waals surface area contributed by atoms with E-state index in [1.54, 1.807) is 0 Å². The molecule has 2 saturated heterocycles. The van der Waals surface area contributed by atoms with Gasteiger partial charge in [0, 0.05) is 61.7 Å². The lowest BCUT2D eigenvalue weighted by atomic mass is 10.1. The molecule has 2 aliphatic rings. The highest BCUT2D eigenvalue weighted by atomic mass is 32.1. The van der Waals surface area contributed by atoms with Gasteiger partial charge < -0.3 is 5.11 Å². The molecule has 4 nitrogen and oxygen atoms in total. The summed E-state index contributed by atoms with van der Waals surface area (Å²) in [5, 5.41) is 9.59. The van der Waals surface area contributed by atoms with Crippen LogP contribution in [-0.2, 0) is 19.5 Å². The highest BCUT2D eigenvalue weighted by Gasteiger charge is 2.26. The van der Waals surface area contributed by atoms with Crippen molar-refractivity contribution >= 4 is 11.3 Å². The normalized spacial score (nSPS) is 21.8. The van der Waals surface area contributed by atoms with Crippen molar-refractivity contribution in [2.45, 2.75) is 44.8 Å². The number of likely N-dealkylation sites (tertiary alicyclic amines) is 1. The summed E-state index contributed by atoms with van der Waals surface area (Å²) in [5.41, 5.74) is 1.40. The summed E-state index contributed by atoms with van der Waals surface area (Å²) in [5.74, 6) is 0. The number of aliphatic hydroxyl groups is 1. The molecule has 0 amide bonds. The lowest BCUT2D eigenvalue weighted by molar-refractivity contribution is 0.0567. The Hall–Kier alpha value is -1.24. The van der Waals surface area contributed by atoms with Crippen molar-refractivity contribution in [2.75, 3.05) is 45.9 Å². The van der Waals surface area contributed by atoms with Crippen LogP contribution >= 0.6 is 11.3 Å². The summed E-state index contributed by atoms with van der Waals surface area (Å²) in [7, 11) is 0. The number of piperazine rings is 1. The minimum Gasteiger partial charge on any atom is -0.396 e. The van der Waals surface area contributed by atoms with E-state index in [1.165, 1.54) is 41.2 Å². The summed E-state index contributed by atoms with van der Waals surface area (Å²) < 4.78 is 0. The second kappa shape index (κ2) is 10.7. The fraction of sp³-hybridized carbons (Fsp3) is 0.583. The molecule has 0 saturated carbocycles. The smallest absolute Gasteiger partial charge is 0.0446 e. The van der Waals surface area contributed by atoms with Crippen molar-refractivity contribution in [2.24, 2.45) is 0 Å². The van der Waals surface area contributed by atoms with Gasteiger partial charge in [-0.15, -0.1) is 11.3 Å². The molecule has 0 aliphatic carbocycles. The van der Waals surface area contributed by atoms with Crippen molar-refractivity contribution < 1.29 is 5.11 Å². The largest absolute Gasteiger partial charge is 0.396 e. The molecule has 1 atom stereocenters. The van der Waals surface area contributed by atoms with Crippen LogP contribution in [0.4, 0.5) is 0 Å². The van der Waals surface area contributed by atoms with Gasteiger partial charge >= 0.3 is 0 Å². The van der Waals surface area contributed by atoms with E-state index in [4.69, 9.17) is 0 Å². The molecule has 1 N–H and O–H groups in total. The average molecular weight is 414 g/mol. The molecule has 1 aromatic carbocycles. The zero-order chi connectivity index (χ0) is 19.9. The number of nitrogens with zero attached hydrogens (tertiary/aromatic N) is 3. The predicted molar refractivity (Wildman–Crippen MR) is 121 cm³/mol. The second-order valence-electron chi connectivity index (χ2n) is 8.52. The third-order valence-corrected chi connectivity index (χ3v) is 7.41. The number of hydrogen-bond acceptors (Lipinski definition) is 5. The first-order chi connectivity index (χ1) is 14.3. The predicted octanol–water partition coefficient (Wildman–Crippen LogP) is 3.46. The van der Waals surface area contributed by atoms with Crippen LogP contribution in [0.25, 0.3) is 0 Å². The third-order valence-electron chi connectivity index (χ3n) is 6.36. The van der Waals surface area contributed by atoms with Gasteiger partial charge in [-0.2, -0.15) is 0 Å². The van der Waals surface area contributed by atoms with Crippen LogP contribution in [-0.4, -0.2) is 71.7 Å². The molecule has 2 fully saturated rings. The van der Waals surface area contributed by atoms with Crippen LogP contribution in [0.5, 0.6) is 0 Å². The fourth-order valence-electron chi connectivity index (χ4n) is 4.71. The minimum atomic E-state index is 0.277. The van der Waals surface area contributed by atoms with Gasteiger partial charge in [0.15, 0.2) is 0 Å². The van der Waals surface area contributed by atoms with Crippen molar-refractivity contribution in [1.29, 1.82) is 0 Å². The first-order valence-electron chi connectivity index (χ1n) is 11.2. The molecule has 1 aromatic heterocycles. The molecule has 1 unspecified atom stereocenters. The quantitative estimate of drug-likeness (QED) is 0.682. The maximum atomic E-state index is 9.59. The van der Waals surface area contributed by atoms with Gasteiger partial charge in [0.1, 0.15) is 0 Å². The van der Waals surface area contributed by atoms with Crippen LogP contribution in [0, 0.1) is 0 Å². The van der Waals surface area contributed by atoms with Gasteiger partial charge in [-0.1, -0.05) is 30.3 Å². The zero-order valence-electron chi connectivity index (χ0n) is 17.5. The van der Waals surface area contributed by atoms with Crippen molar-refractivity contribution in [3.8, 4) is 0 Å². The SMILES string of the molecule is OCCC1CN(Cc2ccc(CN3CCCC3)s2)CCN1CCc1ccccc1. The van der Waals surface area contributed by atoms with E-state index in [1.807, 2.05) is 11.3 Å². The maximum absolute atomic E-state index is 9.59. The Morgan fingerprint density at radius 1 is 0.862 bits per heavy atom. The summed E-state index contributed by atoms with van der Waals surface area (Å²) in [6.45, 7) is 9.36. The lowest BCUT2D eigenvalue weighted by Gasteiger charge is -2.41. The Labute approximate surface area is 179 Å². The van der Waals surface area contributed by atoms with E-state index in [0.29, 0.717) is 6.04 Å². The molecule has 29 heavy (non-hydrogen) atoms. The molecule has 158 valence electrons. The Balaban J connectivity index is 1.28.